The number of benzene rings is 4. The number of ether oxygens (including phenoxy) is 1. The summed E-state index contributed by atoms with van der Waals surface area (Å²) in [6.45, 7) is 0.130. The SMILES string of the molecule is c1cc2c3c(c1)[Se]c1cc(-c4ncncn4)ccc1B3c1cc(-n3c4c(c5ccccc53)CCCC4)ccc1O2. The summed E-state index contributed by atoms with van der Waals surface area (Å²) in [5, 5.41) is 1.40. The molecule has 0 amide bonds. The van der Waals surface area contributed by atoms with Gasteiger partial charge in [-0.25, -0.2) is 0 Å². The van der Waals surface area contributed by atoms with Gasteiger partial charge in [0.05, 0.1) is 0 Å². The molecular weight excluding hydrogens is 558 g/mol. The Morgan fingerprint density at radius 1 is 0.775 bits per heavy atom. The van der Waals surface area contributed by atoms with E-state index in [9.17, 15) is 0 Å². The number of aryl methyl sites for hydroxylation is 1. The molecule has 0 saturated heterocycles. The molecular formula is C33H23BN4OSe. The standard InChI is InChI=1S/C33H23BN4OSe/c1-3-8-26-22(6-1)23-7-2-4-9-27(23)38(26)21-13-15-28-25(17-21)34-24-14-12-20(33-36-18-35-19-37-33)16-31(24)40-30-11-5-10-29(39-28)32(30)34/h1,3,5-6,8,10-19H,2,4,7,9H2. The zero-order valence-electron chi connectivity index (χ0n) is 21.7. The minimum absolute atomic E-state index is 0.130. The third kappa shape index (κ3) is 3.25. The Balaban J connectivity index is 1.25. The number of nitrogens with zero attached hydrogens (tertiary/aromatic N) is 4. The van der Waals surface area contributed by atoms with Crippen molar-refractivity contribution >= 4 is 57.9 Å². The molecule has 0 radical (unpaired) electrons. The van der Waals surface area contributed by atoms with Gasteiger partial charge in [-0.1, -0.05) is 0 Å². The first-order valence-corrected chi connectivity index (χ1v) is 15.6. The summed E-state index contributed by atoms with van der Waals surface area (Å²) < 4.78 is 11.9. The number of aromatic nitrogens is 4. The summed E-state index contributed by atoms with van der Waals surface area (Å²) in [5.41, 5.74) is 10.5. The van der Waals surface area contributed by atoms with Crippen LogP contribution in [0.5, 0.6) is 11.5 Å². The van der Waals surface area contributed by atoms with Crippen LogP contribution in [0, 0.1) is 0 Å². The molecule has 40 heavy (non-hydrogen) atoms. The van der Waals surface area contributed by atoms with Crippen LogP contribution in [0.2, 0.25) is 0 Å². The minimum atomic E-state index is 0.130. The average molecular weight is 581 g/mol. The van der Waals surface area contributed by atoms with E-state index in [0.717, 1.165) is 29.9 Å². The number of fused-ring (bicyclic) bond motifs is 7. The molecule has 190 valence electrons. The van der Waals surface area contributed by atoms with Crippen molar-refractivity contribution in [3.63, 3.8) is 0 Å². The second-order valence-corrected chi connectivity index (χ2v) is 13.0. The molecule has 0 bridgehead atoms. The first kappa shape index (κ1) is 22.6. The molecule has 7 heteroatoms. The van der Waals surface area contributed by atoms with Gasteiger partial charge in [-0.3, -0.25) is 0 Å². The van der Waals surface area contributed by atoms with Crippen molar-refractivity contribution in [1.82, 2.24) is 19.5 Å². The van der Waals surface area contributed by atoms with Crippen molar-refractivity contribution in [2.24, 2.45) is 0 Å². The number of para-hydroxylation sites is 1. The molecule has 0 N–H and O–H groups in total. The fraction of sp³-hybridized carbons (Fsp3) is 0.121. The monoisotopic (exact) mass is 582 g/mol. The van der Waals surface area contributed by atoms with E-state index in [4.69, 9.17) is 4.74 Å². The molecule has 0 fully saturated rings. The summed E-state index contributed by atoms with van der Waals surface area (Å²) in [5.74, 6) is 2.65. The first-order chi connectivity index (χ1) is 19.8. The van der Waals surface area contributed by atoms with Crippen molar-refractivity contribution in [2.45, 2.75) is 25.7 Å². The zero-order chi connectivity index (χ0) is 26.2. The van der Waals surface area contributed by atoms with Gasteiger partial charge in [-0.05, 0) is 0 Å². The van der Waals surface area contributed by atoms with Crippen LogP contribution in [-0.4, -0.2) is 41.2 Å². The topological polar surface area (TPSA) is 52.8 Å². The van der Waals surface area contributed by atoms with Gasteiger partial charge in [0, 0.05) is 0 Å². The van der Waals surface area contributed by atoms with Crippen LogP contribution in [0.15, 0.2) is 91.5 Å². The van der Waals surface area contributed by atoms with E-state index in [1.807, 2.05) is 0 Å². The van der Waals surface area contributed by atoms with E-state index in [2.05, 4.69) is 98.4 Å². The Morgan fingerprint density at radius 3 is 2.62 bits per heavy atom. The number of hydrogen-bond donors (Lipinski definition) is 0. The molecule has 1 aliphatic carbocycles. The van der Waals surface area contributed by atoms with Crippen molar-refractivity contribution < 1.29 is 4.74 Å². The van der Waals surface area contributed by atoms with Crippen LogP contribution >= 0.6 is 0 Å². The van der Waals surface area contributed by atoms with Crippen LogP contribution < -0.4 is 30.0 Å². The van der Waals surface area contributed by atoms with Gasteiger partial charge >= 0.3 is 239 Å². The maximum absolute atomic E-state index is 6.58. The molecule has 4 aromatic carbocycles. The molecule has 9 rings (SSSR count). The van der Waals surface area contributed by atoms with Crippen LogP contribution in [0.3, 0.4) is 0 Å². The van der Waals surface area contributed by atoms with Gasteiger partial charge in [0.2, 0.25) is 0 Å². The molecule has 5 nitrogen and oxygen atoms in total. The van der Waals surface area contributed by atoms with Gasteiger partial charge in [0.15, 0.2) is 0 Å². The molecule has 0 atom stereocenters. The molecule has 0 spiro atoms. The Bertz CT molecular complexity index is 1990. The fourth-order valence-electron chi connectivity index (χ4n) is 6.87. The van der Waals surface area contributed by atoms with Gasteiger partial charge in [0.1, 0.15) is 0 Å². The van der Waals surface area contributed by atoms with Gasteiger partial charge in [-0.2, -0.15) is 0 Å². The summed E-state index contributed by atoms with van der Waals surface area (Å²) in [4.78, 5) is 12.8. The Kier molecular flexibility index (Phi) is 4.89. The molecule has 2 aliphatic heterocycles. The molecule has 4 heterocycles. The fourth-order valence-corrected chi connectivity index (χ4v) is 9.40. The van der Waals surface area contributed by atoms with Crippen LogP contribution in [0.25, 0.3) is 28.0 Å². The Labute approximate surface area is 238 Å². The van der Waals surface area contributed by atoms with E-state index in [1.54, 1.807) is 12.7 Å². The predicted molar refractivity (Wildman–Crippen MR) is 161 cm³/mol. The summed E-state index contributed by atoms with van der Waals surface area (Å²) in [6, 6.07) is 29.0. The van der Waals surface area contributed by atoms with E-state index in [-0.39, 0.29) is 21.7 Å². The van der Waals surface area contributed by atoms with Gasteiger partial charge < -0.3 is 0 Å². The van der Waals surface area contributed by atoms with Gasteiger partial charge in [-0.15, -0.1) is 0 Å². The normalized spacial score (nSPS) is 14.7. The second kappa shape index (κ2) is 8.66. The van der Waals surface area contributed by atoms with Crippen molar-refractivity contribution in [3.05, 3.63) is 103 Å². The van der Waals surface area contributed by atoms with Crippen LogP contribution in [0.4, 0.5) is 0 Å². The third-order valence-corrected chi connectivity index (χ3v) is 11.0. The quantitative estimate of drug-likeness (QED) is 0.295. The zero-order valence-corrected chi connectivity index (χ0v) is 23.4. The molecule has 0 saturated carbocycles. The molecule has 0 unspecified atom stereocenters. The summed E-state index contributed by atoms with van der Waals surface area (Å²) in [6.07, 6.45) is 7.93. The van der Waals surface area contributed by atoms with E-state index >= 15 is 0 Å². The van der Waals surface area contributed by atoms with Crippen molar-refractivity contribution in [3.8, 4) is 28.6 Å². The number of rotatable bonds is 2. The maximum atomic E-state index is 6.58. The van der Waals surface area contributed by atoms with Crippen molar-refractivity contribution in [1.29, 1.82) is 0 Å². The van der Waals surface area contributed by atoms with E-state index in [0.29, 0.717) is 5.82 Å². The predicted octanol–water partition coefficient (Wildman–Crippen LogP) is 2.95. The first-order valence-electron chi connectivity index (χ1n) is 13.8. The molecule has 3 aliphatic rings. The van der Waals surface area contributed by atoms with Crippen LogP contribution in [-0.2, 0) is 12.8 Å². The van der Waals surface area contributed by atoms with E-state index in [1.165, 1.54) is 66.0 Å². The van der Waals surface area contributed by atoms with E-state index < -0.39 is 0 Å². The average Bonchev–Trinajstić information content (AvgIpc) is 3.35. The van der Waals surface area contributed by atoms with Gasteiger partial charge in [0.25, 0.3) is 0 Å². The van der Waals surface area contributed by atoms with Crippen LogP contribution in [0.1, 0.15) is 24.1 Å². The molecule has 6 aromatic rings. The van der Waals surface area contributed by atoms with Crippen molar-refractivity contribution in [2.75, 3.05) is 0 Å². The Hall–Kier alpha value is -4.19. The third-order valence-electron chi connectivity index (χ3n) is 8.57. The summed E-state index contributed by atoms with van der Waals surface area (Å²) in [7, 11) is 0. The Morgan fingerprint density at radius 2 is 1.68 bits per heavy atom. The second-order valence-electron chi connectivity index (χ2n) is 10.7. The number of hydrogen-bond acceptors (Lipinski definition) is 4. The molecule has 2 aromatic heterocycles. The summed E-state index contributed by atoms with van der Waals surface area (Å²) >= 11 is 0.161.